The van der Waals surface area contributed by atoms with Crippen molar-refractivity contribution in [3.05, 3.63) is 92.1 Å². The van der Waals surface area contributed by atoms with Gasteiger partial charge in [0.2, 0.25) is 0 Å². The maximum atomic E-state index is 13.1. The number of imide groups is 2. The van der Waals surface area contributed by atoms with E-state index in [0.717, 1.165) is 25.2 Å². The smallest absolute Gasteiger partial charge is 0.335 e. The molecule has 7 nitrogen and oxygen atoms in total. The summed E-state index contributed by atoms with van der Waals surface area (Å²) in [6.45, 7) is 4.45. The van der Waals surface area contributed by atoms with Gasteiger partial charge in [0, 0.05) is 0 Å². The van der Waals surface area contributed by atoms with Gasteiger partial charge in [-0.3, -0.25) is 14.9 Å². The molecule has 1 saturated heterocycles. The summed E-state index contributed by atoms with van der Waals surface area (Å²) in [6.07, 6.45) is 1.44. The third-order valence-corrected chi connectivity index (χ3v) is 6.14. The minimum atomic E-state index is -0.786. The maximum Gasteiger partial charge on any atom is 0.335 e. The van der Waals surface area contributed by atoms with E-state index in [4.69, 9.17) is 9.47 Å². The van der Waals surface area contributed by atoms with Gasteiger partial charge >= 0.3 is 6.03 Å². The van der Waals surface area contributed by atoms with Crippen molar-refractivity contribution in [3.63, 3.8) is 0 Å². The third-order valence-electron chi connectivity index (χ3n) is 5.34. The fourth-order valence-corrected chi connectivity index (χ4v) is 4.69. The van der Waals surface area contributed by atoms with Crippen LogP contribution < -0.4 is 19.7 Å². The molecule has 1 N–H and O–H groups in total. The van der Waals surface area contributed by atoms with Crippen LogP contribution in [0.15, 0.2) is 66.2 Å². The number of ether oxygens (including phenoxy) is 2. The molecule has 0 aliphatic carbocycles. The zero-order valence-corrected chi connectivity index (χ0v) is 21.6. The van der Waals surface area contributed by atoms with E-state index in [2.05, 4.69) is 46.1 Å². The van der Waals surface area contributed by atoms with Crippen LogP contribution in [0.25, 0.3) is 6.08 Å². The molecule has 1 aliphatic rings. The van der Waals surface area contributed by atoms with Gasteiger partial charge in [0.15, 0.2) is 11.5 Å². The standard InChI is InChI=1S/C27H23IN2O5/c1-16-9-17(2)11-19(10-16)15-35-24-22(28)13-18(14-23(24)34-3)12-21-25(31)29-27(33)30(26(21)32)20-7-5-4-6-8-20/h4-14H,15H2,1-3H3,(H,29,31,33)/b21-12+. The molecule has 0 saturated carbocycles. The first-order valence-corrected chi connectivity index (χ1v) is 11.9. The largest absolute Gasteiger partial charge is 0.493 e. The quantitative estimate of drug-likeness (QED) is 0.247. The Morgan fingerprint density at radius 2 is 1.66 bits per heavy atom. The fourth-order valence-electron chi connectivity index (χ4n) is 3.91. The summed E-state index contributed by atoms with van der Waals surface area (Å²) < 4.78 is 12.4. The Morgan fingerprint density at radius 1 is 0.971 bits per heavy atom. The second-order valence-corrected chi connectivity index (χ2v) is 9.27. The number of rotatable bonds is 6. The molecule has 0 radical (unpaired) electrons. The molecule has 0 bridgehead atoms. The minimum Gasteiger partial charge on any atom is -0.493 e. The highest BCUT2D eigenvalue weighted by atomic mass is 127. The number of aryl methyl sites for hydroxylation is 2. The van der Waals surface area contributed by atoms with Crippen molar-refractivity contribution >= 4 is 52.2 Å². The average molecular weight is 582 g/mol. The lowest BCUT2D eigenvalue weighted by molar-refractivity contribution is -0.122. The van der Waals surface area contributed by atoms with E-state index in [1.165, 1.54) is 13.2 Å². The summed E-state index contributed by atoms with van der Waals surface area (Å²) in [6, 6.07) is 17.4. The average Bonchev–Trinajstić information content (AvgIpc) is 2.80. The number of carbonyl (C=O) groups excluding carboxylic acids is 3. The Morgan fingerprint density at radius 3 is 2.31 bits per heavy atom. The van der Waals surface area contributed by atoms with Crippen LogP contribution in [-0.4, -0.2) is 25.0 Å². The monoisotopic (exact) mass is 582 g/mol. The third kappa shape index (κ3) is 5.37. The van der Waals surface area contributed by atoms with Gasteiger partial charge in [-0.05, 0) is 77.9 Å². The topological polar surface area (TPSA) is 84.9 Å². The van der Waals surface area contributed by atoms with E-state index < -0.39 is 17.8 Å². The van der Waals surface area contributed by atoms with Crippen molar-refractivity contribution in [3.8, 4) is 11.5 Å². The van der Waals surface area contributed by atoms with Crippen LogP contribution in [-0.2, 0) is 16.2 Å². The number of hydrogen-bond donors (Lipinski definition) is 1. The predicted octanol–water partition coefficient (Wildman–Crippen LogP) is 5.16. The highest BCUT2D eigenvalue weighted by Crippen LogP contribution is 2.35. The molecular weight excluding hydrogens is 559 g/mol. The summed E-state index contributed by atoms with van der Waals surface area (Å²) >= 11 is 2.13. The van der Waals surface area contributed by atoms with Crippen molar-refractivity contribution in [1.82, 2.24) is 5.32 Å². The number of barbiturate groups is 1. The minimum absolute atomic E-state index is 0.157. The lowest BCUT2D eigenvalue weighted by Gasteiger charge is -2.26. The molecule has 1 fully saturated rings. The normalized spacial score (nSPS) is 14.8. The highest BCUT2D eigenvalue weighted by Gasteiger charge is 2.36. The number of hydrogen-bond acceptors (Lipinski definition) is 5. The van der Waals surface area contributed by atoms with E-state index in [0.29, 0.717) is 29.4 Å². The predicted molar refractivity (Wildman–Crippen MR) is 141 cm³/mol. The van der Waals surface area contributed by atoms with E-state index >= 15 is 0 Å². The molecule has 0 atom stereocenters. The van der Waals surface area contributed by atoms with E-state index in [1.807, 2.05) is 13.8 Å². The second-order valence-electron chi connectivity index (χ2n) is 8.11. The molecule has 1 aliphatic heterocycles. The second kappa shape index (κ2) is 10.3. The van der Waals surface area contributed by atoms with Crippen LogP contribution in [0.2, 0.25) is 0 Å². The first-order valence-electron chi connectivity index (χ1n) is 10.8. The number of benzene rings is 3. The molecule has 0 aromatic heterocycles. The zero-order valence-electron chi connectivity index (χ0n) is 19.4. The first kappa shape index (κ1) is 24.5. The van der Waals surface area contributed by atoms with Crippen LogP contribution in [0.5, 0.6) is 11.5 Å². The lowest BCUT2D eigenvalue weighted by Crippen LogP contribution is -2.54. The molecule has 0 spiro atoms. The molecule has 35 heavy (non-hydrogen) atoms. The van der Waals surface area contributed by atoms with Crippen LogP contribution in [0.4, 0.5) is 10.5 Å². The number of halogens is 1. The molecule has 0 unspecified atom stereocenters. The summed E-state index contributed by atoms with van der Waals surface area (Å²) in [5.41, 5.74) is 4.13. The fraction of sp³-hybridized carbons (Fsp3) is 0.148. The van der Waals surface area contributed by atoms with Gasteiger partial charge in [-0.1, -0.05) is 47.5 Å². The summed E-state index contributed by atoms with van der Waals surface area (Å²) in [7, 11) is 1.53. The van der Waals surface area contributed by atoms with Gasteiger partial charge in [0.05, 0.1) is 16.4 Å². The molecule has 178 valence electrons. The number of nitrogens with zero attached hydrogens (tertiary/aromatic N) is 1. The number of urea groups is 1. The number of nitrogens with one attached hydrogen (secondary N) is 1. The van der Waals surface area contributed by atoms with Gasteiger partial charge in [0.25, 0.3) is 11.8 Å². The Bertz CT molecular complexity index is 1330. The number of amides is 4. The lowest BCUT2D eigenvalue weighted by atomic mass is 10.1. The van der Waals surface area contributed by atoms with Gasteiger partial charge in [-0.25, -0.2) is 9.69 Å². The van der Waals surface area contributed by atoms with E-state index in [1.54, 1.807) is 42.5 Å². The summed E-state index contributed by atoms with van der Waals surface area (Å²) in [5.74, 6) is -0.423. The van der Waals surface area contributed by atoms with Crippen LogP contribution in [0.1, 0.15) is 22.3 Å². The Balaban J connectivity index is 1.64. The number of para-hydroxylation sites is 1. The van der Waals surface area contributed by atoms with Crippen LogP contribution in [0.3, 0.4) is 0 Å². The first-order chi connectivity index (χ1) is 16.8. The number of anilines is 1. The van der Waals surface area contributed by atoms with E-state index in [9.17, 15) is 14.4 Å². The van der Waals surface area contributed by atoms with Crippen LogP contribution >= 0.6 is 22.6 Å². The Hall–Kier alpha value is -3.66. The summed E-state index contributed by atoms with van der Waals surface area (Å²) in [5, 5.41) is 2.23. The summed E-state index contributed by atoms with van der Waals surface area (Å²) in [4.78, 5) is 38.9. The molecular formula is C27H23IN2O5. The molecule has 3 aromatic carbocycles. The number of methoxy groups -OCH3 is 1. The SMILES string of the molecule is COc1cc(/C=C2\C(=O)NC(=O)N(c3ccccc3)C2=O)cc(I)c1OCc1cc(C)cc(C)c1. The van der Waals surface area contributed by atoms with Crippen molar-refractivity contribution in [1.29, 1.82) is 0 Å². The number of carbonyl (C=O) groups is 3. The van der Waals surface area contributed by atoms with Crippen molar-refractivity contribution in [2.75, 3.05) is 12.0 Å². The van der Waals surface area contributed by atoms with Gasteiger partial charge < -0.3 is 9.47 Å². The van der Waals surface area contributed by atoms with Crippen molar-refractivity contribution in [2.45, 2.75) is 20.5 Å². The molecule has 8 heteroatoms. The highest BCUT2D eigenvalue weighted by molar-refractivity contribution is 14.1. The Labute approximate surface area is 216 Å². The molecule has 1 heterocycles. The van der Waals surface area contributed by atoms with E-state index in [-0.39, 0.29) is 5.57 Å². The Kier molecular flexibility index (Phi) is 7.20. The zero-order chi connectivity index (χ0) is 25.1. The molecule has 4 rings (SSSR count). The molecule has 3 aromatic rings. The van der Waals surface area contributed by atoms with Crippen molar-refractivity contribution in [2.24, 2.45) is 0 Å². The molecule has 4 amide bonds. The van der Waals surface area contributed by atoms with Gasteiger partial charge in [0.1, 0.15) is 12.2 Å². The van der Waals surface area contributed by atoms with Crippen molar-refractivity contribution < 1.29 is 23.9 Å². The van der Waals surface area contributed by atoms with Crippen LogP contribution in [0, 0.1) is 17.4 Å². The maximum absolute atomic E-state index is 13.1. The van der Waals surface area contributed by atoms with Gasteiger partial charge in [-0.2, -0.15) is 0 Å². The van der Waals surface area contributed by atoms with Gasteiger partial charge in [-0.15, -0.1) is 0 Å².